The number of ether oxygens (including phenoxy) is 2. The molecule has 2 aliphatic heterocycles. The van der Waals surface area contributed by atoms with Crippen LogP contribution in [0.1, 0.15) is 36.8 Å². The smallest absolute Gasteiger partial charge is 0.410 e. The summed E-state index contributed by atoms with van der Waals surface area (Å²) >= 11 is 0. The second-order valence-corrected chi connectivity index (χ2v) is 7.11. The lowest BCUT2D eigenvalue weighted by Crippen LogP contribution is -2.51. The van der Waals surface area contributed by atoms with Crippen LogP contribution in [0.3, 0.4) is 0 Å². The fraction of sp³-hybridized carbons (Fsp3) is 0.364. The molecule has 0 N–H and O–H groups in total. The molecular formula is C22H24N2O3. The Morgan fingerprint density at radius 2 is 2.07 bits per heavy atom. The molecule has 140 valence electrons. The molecule has 4 rings (SSSR count). The van der Waals surface area contributed by atoms with Gasteiger partial charge in [0.2, 0.25) is 0 Å². The average Bonchev–Trinajstić information content (AvgIpc) is 2.72. The number of benzene rings is 1. The van der Waals surface area contributed by atoms with Crippen molar-refractivity contribution in [2.75, 3.05) is 7.11 Å². The van der Waals surface area contributed by atoms with Gasteiger partial charge in [-0.1, -0.05) is 36.4 Å². The molecule has 1 aromatic carbocycles. The van der Waals surface area contributed by atoms with E-state index in [0.29, 0.717) is 6.61 Å². The van der Waals surface area contributed by atoms with E-state index < -0.39 is 0 Å². The molecule has 5 nitrogen and oxygen atoms in total. The van der Waals surface area contributed by atoms with E-state index in [0.717, 1.165) is 42.6 Å². The zero-order valence-corrected chi connectivity index (χ0v) is 15.5. The van der Waals surface area contributed by atoms with Crippen molar-refractivity contribution in [3.63, 3.8) is 0 Å². The predicted octanol–water partition coefficient (Wildman–Crippen LogP) is 4.44. The second-order valence-electron chi connectivity index (χ2n) is 7.11. The van der Waals surface area contributed by atoms with Gasteiger partial charge in [0.05, 0.1) is 19.3 Å². The number of piperidine rings is 1. The Morgan fingerprint density at radius 3 is 2.85 bits per heavy atom. The van der Waals surface area contributed by atoms with Crippen molar-refractivity contribution in [2.24, 2.45) is 0 Å². The minimum absolute atomic E-state index is 0.0852. The van der Waals surface area contributed by atoms with Gasteiger partial charge in [0.15, 0.2) is 0 Å². The molecular weight excluding hydrogens is 340 g/mol. The van der Waals surface area contributed by atoms with E-state index in [1.807, 2.05) is 47.5 Å². The first-order valence-corrected chi connectivity index (χ1v) is 9.43. The number of hydrogen-bond acceptors (Lipinski definition) is 4. The third-order valence-corrected chi connectivity index (χ3v) is 5.37. The summed E-state index contributed by atoms with van der Waals surface area (Å²) in [6.45, 7) is 0.311. The summed E-state index contributed by atoms with van der Waals surface area (Å²) in [5, 5.41) is 0. The zero-order valence-electron chi connectivity index (χ0n) is 15.5. The van der Waals surface area contributed by atoms with Crippen molar-refractivity contribution in [3.05, 3.63) is 66.0 Å². The van der Waals surface area contributed by atoms with E-state index in [-0.39, 0.29) is 18.2 Å². The molecule has 27 heavy (non-hydrogen) atoms. The largest absolute Gasteiger partial charge is 0.495 e. The molecule has 0 radical (unpaired) electrons. The summed E-state index contributed by atoms with van der Waals surface area (Å²) < 4.78 is 10.9. The van der Waals surface area contributed by atoms with Gasteiger partial charge < -0.3 is 9.47 Å². The van der Waals surface area contributed by atoms with Crippen molar-refractivity contribution < 1.29 is 14.3 Å². The zero-order chi connectivity index (χ0) is 18.6. The minimum atomic E-state index is -0.215. The van der Waals surface area contributed by atoms with Crippen molar-refractivity contribution in [3.8, 4) is 5.75 Å². The van der Waals surface area contributed by atoms with Crippen molar-refractivity contribution in [2.45, 2.75) is 44.4 Å². The molecule has 3 heterocycles. The Balaban J connectivity index is 1.50. The third kappa shape index (κ3) is 3.82. The van der Waals surface area contributed by atoms with Crippen LogP contribution < -0.4 is 4.74 Å². The van der Waals surface area contributed by atoms with Crippen LogP contribution >= 0.6 is 0 Å². The van der Waals surface area contributed by atoms with Gasteiger partial charge in [0.25, 0.3) is 0 Å². The highest BCUT2D eigenvalue weighted by Gasteiger charge is 2.38. The summed E-state index contributed by atoms with van der Waals surface area (Å²) in [5.41, 5.74) is 3.32. The summed E-state index contributed by atoms with van der Waals surface area (Å²) in [6, 6.07) is 12.1. The lowest BCUT2D eigenvalue weighted by molar-refractivity contribution is 0.0510. The Labute approximate surface area is 159 Å². The number of carbonyl (C=O) groups excluding carboxylic acids is 1. The van der Waals surface area contributed by atoms with Gasteiger partial charge in [-0.25, -0.2) is 4.79 Å². The Bertz CT molecular complexity index is 834. The van der Waals surface area contributed by atoms with Crippen molar-refractivity contribution >= 4 is 11.7 Å². The van der Waals surface area contributed by atoms with Gasteiger partial charge in [-0.15, -0.1) is 0 Å². The standard InChI is InChI=1S/C22H24N2O3/c1-26-21-12-18(13-23-14-21)17-10-19-8-5-9-20(11-17)24(19)22(25)27-15-16-6-3-2-4-7-16/h2-4,6-7,10,12-14,19-20H,5,8-9,11,15H2,1H3. The van der Waals surface area contributed by atoms with Gasteiger partial charge in [-0.05, 0) is 48.4 Å². The predicted molar refractivity (Wildman–Crippen MR) is 103 cm³/mol. The highest BCUT2D eigenvalue weighted by atomic mass is 16.6. The number of fused-ring (bicyclic) bond motifs is 2. The Hall–Kier alpha value is -2.82. The fourth-order valence-electron chi connectivity index (χ4n) is 4.03. The maximum absolute atomic E-state index is 12.8. The number of methoxy groups -OCH3 is 1. The number of rotatable bonds is 4. The van der Waals surface area contributed by atoms with Crippen LogP contribution in [0.4, 0.5) is 4.79 Å². The van der Waals surface area contributed by atoms with Crippen LogP contribution in [-0.2, 0) is 11.3 Å². The number of hydrogen-bond donors (Lipinski definition) is 0. The van der Waals surface area contributed by atoms with E-state index in [2.05, 4.69) is 11.1 Å². The molecule has 2 atom stereocenters. The maximum Gasteiger partial charge on any atom is 0.410 e. The van der Waals surface area contributed by atoms with Gasteiger partial charge >= 0.3 is 6.09 Å². The van der Waals surface area contributed by atoms with Crippen LogP contribution in [0.25, 0.3) is 5.57 Å². The van der Waals surface area contributed by atoms with Gasteiger partial charge in [-0.2, -0.15) is 0 Å². The fourth-order valence-corrected chi connectivity index (χ4v) is 4.03. The lowest BCUT2D eigenvalue weighted by atomic mass is 9.83. The van der Waals surface area contributed by atoms with Gasteiger partial charge in [0.1, 0.15) is 12.4 Å². The third-order valence-electron chi connectivity index (χ3n) is 5.37. The minimum Gasteiger partial charge on any atom is -0.495 e. The summed E-state index contributed by atoms with van der Waals surface area (Å²) in [5.74, 6) is 0.753. The number of carbonyl (C=O) groups is 1. The summed E-state index contributed by atoms with van der Waals surface area (Å²) in [4.78, 5) is 19.0. The van der Waals surface area contributed by atoms with Crippen molar-refractivity contribution in [1.82, 2.24) is 9.88 Å². The molecule has 0 spiro atoms. The lowest BCUT2D eigenvalue weighted by Gasteiger charge is -2.44. The Morgan fingerprint density at radius 1 is 1.22 bits per heavy atom. The molecule has 1 amide bonds. The number of aromatic nitrogens is 1. The van der Waals surface area contributed by atoms with Gasteiger partial charge in [0, 0.05) is 12.2 Å². The quantitative estimate of drug-likeness (QED) is 0.805. The van der Waals surface area contributed by atoms with Crippen LogP contribution in [0, 0.1) is 0 Å². The highest BCUT2D eigenvalue weighted by Crippen LogP contribution is 2.37. The van der Waals surface area contributed by atoms with Crippen molar-refractivity contribution in [1.29, 1.82) is 0 Å². The molecule has 2 unspecified atom stereocenters. The first kappa shape index (κ1) is 17.6. The highest BCUT2D eigenvalue weighted by molar-refractivity contribution is 5.74. The van der Waals surface area contributed by atoms with Crippen LogP contribution in [0.2, 0.25) is 0 Å². The van der Waals surface area contributed by atoms with E-state index in [9.17, 15) is 4.79 Å². The molecule has 2 aliphatic rings. The maximum atomic E-state index is 12.8. The number of nitrogens with zero attached hydrogens (tertiary/aromatic N) is 2. The van der Waals surface area contributed by atoms with Gasteiger partial charge in [-0.3, -0.25) is 9.88 Å². The molecule has 2 bridgehead atoms. The number of pyridine rings is 1. The average molecular weight is 364 g/mol. The van der Waals surface area contributed by atoms with E-state index in [1.165, 1.54) is 5.57 Å². The van der Waals surface area contributed by atoms with Crippen LogP contribution in [0.5, 0.6) is 5.75 Å². The first-order valence-electron chi connectivity index (χ1n) is 9.43. The van der Waals surface area contributed by atoms with Crippen LogP contribution in [0.15, 0.2) is 54.9 Å². The molecule has 1 fully saturated rings. The van der Waals surface area contributed by atoms with Crippen LogP contribution in [-0.4, -0.2) is 35.2 Å². The topological polar surface area (TPSA) is 51.7 Å². The molecule has 2 aromatic rings. The number of amides is 1. The normalized spacial score (nSPS) is 21.4. The summed E-state index contributed by atoms with van der Waals surface area (Å²) in [7, 11) is 1.65. The second kappa shape index (κ2) is 7.82. The molecule has 5 heteroatoms. The Kier molecular flexibility index (Phi) is 5.10. The molecule has 0 saturated carbocycles. The monoisotopic (exact) mass is 364 g/mol. The molecule has 1 aromatic heterocycles. The van der Waals surface area contributed by atoms with E-state index in [4.69, 9.17) is 9.47 Å². The first-order chi connectivity index (χ1) is 13.2. The SMILES string of the molecule is COc1cncc(C2=CC3CCCC(C2)N3C(=O)OCc2ccccc2)c1. The van der Waals surface area contributed by atoms with E-state index in [1.54, 1.807) is 13.3 Å². The molecule has 0 aliphatic carbocycles. The van der Waals surface area contributed by atoms with E-state index >= 15 is 0 Å². The molecule has 1 saturated heterocycles. The summed E-state index contributed by atoms with van der Waals surface area (Å²) in [6.07, 6.45) is 9.50.